The van der Waals surface area contributed by atoms with Crippen molar-refractivity contribution in [1.82, 2.24) is 5.32 Å². The van der Waals surface area contributed by atoms with E-state index in [1.807, 2.05) is 6.26 Å². The van der Waals surface area contributed by atoms with Gasteiger partial charge in [0.1, 0.15) is 0 Å². The fourth-order valence-electron chi connectivity index (χ4n) is 1.02. The molecule has 0 fully saturated rings. The highest BCUT2D eigenvalue weighted by atomic mass is 32.2. The van der Waals surface area contributed by atoms with Gasteiger partial charge in [-0.1, -0.05) is 13.8 Å². The molecule has 4 heteroatoms. The zero-order chi connectivity index (χ0) is 10.3. The van der Waals surface area contributed by atoms with Crippen LogP contribution in [-0.4, -0.2) is 30.5 Å². The van der Waals surface area contributed by atoms with Crippen molar-refractivity contribution in [3.63, 3.8) is 0 Å². The van der Waals surface area contributed by atoms with Crippen molar-refractivity contribution in [2.24, 2.45) is 11.7 Å². The van der Waals surface area contributed by atoms with E-state index in [4.69, 9.17) is 5.73 Å². The molecule has 0 aliphatic rings. The second-order valence-corrected chi connectivity index (χ2v) is 4.51. The summed E-state index contributed by atoms with van der Waals surface area (Å²) in [7, 11) is 0. The SMILES string of the molecule is CSCCNC(=O)[C@@H](N)CC(C)C. The Bertz CT molecular complexity index is 151. The minimum absolute atomic E-state index is 0.0252. The van der Waals surface area contributed by atoms with E-state index in [1.165, 1.54) is 0 Å². The summed E-state index contributed by atoms with van der Waals surface area (Å²) in [5, 5.41) is 2.80. The number of hydrogen-bond acceptors (Lipinski definition) is 3. The monoisotopic (exact) mass is 204 g/mol. The number of carbonyl (C=O) groups is 1. The third-order valence-corrected chi connectivity index (χ3v) is 2.28. The average Bonchev–Trinajstić information content (AvgIpc) is 2.03. The van der Waals surface area contributed by atoms with Crippen LogP contribution in [0, 0.1) is 5.92 Å². The van der Waals surface area contributed by atoms with Gasteiger partial charge < -0.3 is 11.1 Å². The van der Waals surface area contributed by atoms with Crippen LogP contribution in [0.25, 0.3) is 0 Å². The first-order valence-electron chi connectivity index (χ1n) is 4.60. The van der Waals surface area contributed by atoms with Gasteiger partial charge in [0, 0.05) is 12.3 Å². The van der Waals surface area contributed by atoms with Crippen LogP contribution >= 0.6 is 11.8 Å². The molecule has 3 N–H and O–H groups in total. The summed E-state index contributed by atoms with van der Waals surface area (Å²) in [6.07, 6.45) is 2.77. The molecule has 0 aromatic rings. The standard InChI is InChI=1S/C9H20N2OS/c1-7(2)6-8(10)9(12)11-4-5-13-3/h7-8H,4-6,10H2,1-3H3,(H,11,12)/t8-/m0/s1. The molecule has 0 saturated heterocycles. The van der Waals surface area contributed by atoms with Gasteiger partial charge in [-0.25, -0.2) is 0 Å². The largest absolute Gasteiger partial charge is 0.354 e. The lowest BCUT2D eigenvalue weighted by Crippen LogP contribution is -2.42. The normalized spacial score (nSPS) is 13.0. The molecule has 0 unspecified atom stereocenters. The minimum atomic E-state index is -0.346. The molecule has 0 saturated carbocycles. The molecule has 0 heterocycles. The van der Waals surface area contributed by atoms with Crippen LogP contribution < -0.4 is 11.1 Å². The predicted octanol–water partition coefficient (Wildman–Crippen LogP) is 0.839. The Morgan fingerprint density at radius 1 is 1.54 bits per heavy atom. The van der Waals surface area contributed by atoms with Crippen molar-refractivity contribution < 1.29 is 4.79 Å². The van der Waals surface area contributed by atoms with Crippen LogP contribution in [0.3, 0.4) is 0 Å². The highest BCUT2D eigenvalue weighted by molar-refractivity contribution is 7.98. The summed E-state index contributed by atoms with van der Waals surface area (Å²) in [5.74, 6) is 1.39. The Kier molecular flexibility index (Phi) is 7.09. The molecule has 1 amide bonds. The highest BCUT2D eigenvalue weighted by Gasteiger charge is 2.13. The van der Waals surface area contributed by atoms with Gasteiger partial charge in [-0.3, -0.25) is 4.79 Å². The lowest BCUT2D eigenvalue weighted by Gasteiger charge is -2.13. The van der Waals surface area contributed by atoms with E-state index in [1.54, 1.807) is 11.8 Å². The van der Waals surface area contributed by atoms with E-state index in [9.17, 15) is 4.79 Å². The fourth-order valence-corrected chi connectivity index (χ4v) is 1.33. The van der Waals surface area contributed by atoms with Gasteiger partial charge in [0.05, 0.1) is 6.04 Å². The topological polar surface area (TPSA) is 55.1 Å². The minimum Gasteiger partial charge on any atom is -0.354 e. The number of rotatable bonds is 6. The molecular weight excluding hydrogens is 184 g/mol. The van der Waals surface area contributed by atoms with E-state index in [2.05, 4.69) is 19.2 Å². The molecule has 1 atom stereocenters. The molecule has 3 nitrogen and oxygen atoms in total. The fraction of sp³-hybridized carbons (Fsp3) is 0.889. The maximum absolute atomic E-state index is 11.3. The molecule has 0 aromatic heterocycles. The number of carbonyl (C=O) groups excluding carboxylic acids is 1. The maximum Gasteiger partial charge on any atom is 0.236 e. The van der Waals surface area contributed by atoms with Crippen LogP contribution in [-0.2, 0) is 4.79 Å². The summed E-state index contributed by atoms with van der Waals surface area (Å²) in [5.41, 5.74) is 5.68. The lowest BCUT2D eigenvalue weighted by molar-refractivity contribution is -0.122. The third-order valence-electron chi connectivity index (χ3n) is 1.67. The number of nitrogens with two attached hydrogens (primary N) is 1. The molecular formula is C9H20N2OS. The second-order valence-electron chi connectivity index (χ2n) is 3.52. The maximum atomic E-state index is 11.3. The first-order valence-corrected chi connectivity index (χ1v) is 5.99. The molecule has 78 valence electrons. The zero-order valence-electron chi connectivity index (χ0n) is 8.67. The van der Waals surface area contributed by atoms with Crippen molar-refractivity contribution in [2.75, 3.05) is 18.6 Å². The van der Waals surface area contributed by atoms with Gasteiger partial charge in [-0.05, 0) is 18.6 Å². The smallest absolute Gasteiger partial charge is 0.236 e. The molecule has 13 heavy (non-hydrogen) atoms. The molecule has 0 aliphatic heterocycles. The van der Waals surface area contributed by atoms with E-state index in [-0.39, 0.29) is 11.9 Å². The van der Waals surface area contributed by atoms with Gasteiger partial charge in [0.25, 0.3) is 0 Å². The number of nitrogens with one attached hydrogen (secondary N) is 1. The molecule has 0 spiro atoms. The van der Waals surface area contributed by atoms with E-state index < -0.39 is 0 Å². The Labute approximate surface area is 84.8 Å². The molecule has 0 aromatic carbocycles. The van der Waals surface area contributed by atoms with Gasteiger partial charge in [-0.15, -0.1) is 0 Å². The van der Waals surface area contributed by atoms with Crippen molar-refractivity contribution in [2.45, 2.75) is 26.3 Å². The average molecular weight is 204 g/mol. The second kappa shape index (κ2) is 7.21. The van der Waals surface area contributed by atoms with Crippen molar-refractivity contribution in [1.29, 1.82) is 0 Å². The van der Waals surface area contributed by atoms with Gasteiger partial charge in [0.15, 0.2) is 0 Å². The van der Waals surface area contributed by atoms with Gasteiger partial charge >= 0.3 is 0 Å². The Hall–Kier alpha value is -0.220. The Balaban J connectivity index is 3.57. The number of thioether (sulfide) groups is 1. The first kappa shape index (κ1) is 12.8. The van der Waals surface area contributed by atoms with Crippen LogP contribution in [0.2, 0.25) is 0 Å². The molecule has 0 radical (unpaired) electrons. The van der Waals surface area contributed by atoms with Gasteiger partial charge in [-0.2, -0.15) is 11.8 Å². The summed E-state index contributed by atoms with van der Waals surface area (Å²) in [4.78, 5) is 11.3. The quantitative estimate of drug-likeness (QED) is 0.630. The van der Waals surface area contributed by atoms with Crippen molar-refractivity contribution >= 4 is 17.7 Å². The van der Waals surface area contributed by atoms with Crippen LogP contribution in [0.15, 0.2) is 0 Å². The van der Waals surface area contributed by atoms with Crippen molar-refractivity contribution in [3.05, 3.63) is 0 Å². The summed E-state index contributed by atoms with van der Waals surface area (Å²) in [6, 6.07) is -0.346. The van der Waals surface area contributed by atoms with Crippen LogP contribution in [0.5, 0.6) is 0 Å². The van der Waals surface area contributed by atoms with Crippen LogP contribution in [0.1, 0.15) is 20.3 Å². The highest BCUT2D eigenvalue weighted by Crippen LogP contribution is 2.02. The van der Waals surface area contributed by atoms with Crippen molar-refractivity contribution in [3.8, 4) is 0 Å². The summed E-state index contributed by atoms with van der Waals surface area (Å²) in [6.45, 7) is 4.84. The zero-order valence-corrected chi connectivity index (χ0v) is 9.49. The first-order chi connectivity index (χ1) is 6.07. The number of hydrogen-bond donors (Lipinski definition) is 2. The lowest BCUT2D eigenvalue weighted by atomic mass is 10.0. The van der Waals surface area contributed by atoms with E-state index in [0.29, 0.717) is 12.5 Å². The van der Waals surface area contributed by atoms with Crippen LogP contribution in [0.4, 0.5) is 0 Å². The van der Waals surface area contributed by atoms with Gasteiger partial charge in [0.2, 0.25) is 5.91 Å². The van der Waals surface area contributed by atoms with E-state index in [0.717, 1.165) is 12.2 Å². The molecule has 0 aliphatic carbocycles. The molecule has 0 rings (SSSR count). The number of amides is 1. The summed E-state index contributed by atoms with van der Waals surface area (Å²) < 4.78 is 0. The predicted molar refractivity (Wildman–Crippen MR) is 58.8 cm³/mol. The molecule has 0 bridgehead atoms. The Morgan fingerprint density at radius 3 is 2.62 bits per heavy atom. The van der Waals surface area contributed by atoms with E-state index >= 15 is 0 Å². The third kappa shape index (κ3) is 6.90. The summed E-state index contributed by atoms with van der Waals surface area (Å²) >= 11 is 1.71. The Morgan fingerprint density at radius 2 is 2.15 bits per heavy atom.